The molecule has 0 unspecified atom stereocenters. The highest BCUT2D eigenvalue weighted by molar-refractivity contribution is 6.08. The van der Waals surface area contributed by atoms with Gasteiger partial charge in [0.2, 0.25) is 0 Å². The van der Waals surface area contributed by atoms with Crippen LogP contribution in [0.3, 0.4) is 0 Å². The molecule has 6 heteroatoms. The molecule has 6 nitrogen and oxygen atoms in total. The van der Waals surface area contributed by atoms with Gasteiger partial charge in [0.25, 0.3) is 5.91 Å². The molecule has 2 fully saturated rings. The monoisotopic (exact) mass is 368 g/mol. The van der Waals surface area contributed by atoms with Crippen molar-refractivity contribution >= 4 is 17.8 Å². The maximum atomic E-state index is 12.9. The number of carbonyl (C=O) groups is 2. The Morgan fingerprint density at radius 3 is 2.78 bits per heavy atom. The van der Waals surface area contributed by atoms with E-state index in [9.17, 15) is 9.59 Å². The highest BCUT2D eigenvalue weighted by Crippen LogP contribution is 2.50. The summed E-state index contributed by atoms with van der Waals surface area (Å²) < 4.78 is 0. The average molecular weight is 368 g/mol. The third-order valence-corrected chi connectivity index (χ3v) is 6.48. The van der Waals surface area contributed by atoms with Crippen molar-refractivity contribution in [2.45, 2.75) is 38.1 Å². The van der Waals surface area contributed by atoms with E-state index in [0.29, 0.717) is 19.0 Å². The zero-order chi connectivity index (χ0) is 19.0. The number of benzene rings is 1. The summed E-state index contributed by atoms with van der Waals surface area (Å²) in [6, 6.07) is 10.1. The van der Waals surface area contributed by atoms with Crippen LogP contribution in [0, 0.1) is 11.8 Å². The molecule has 1 saturated carbocycles. The lowest BCUT2D eigenvalue weighted by molar-refractivity contribution is -0.131. The number of fused-ring (bicyclic) bond motifs is 2. The molecule has 27 heavy (non-hydrogen) atoms. The molecule has 3 atom stereocenters. The molecular weight excluding hydrogens is 340 g/mol. The van der Waals surface area contributed by atoms with Gasteiger partial charge < -0.3 is 15.1 Å². The number of aliphatic imine (C=N–C) groups is 1. The Kier molecular flexibility index (Phi) is 4.66. The van der Waals surface area contributed by atoms with Crippen LogP contribution in [0.1, 0.15) is 31.7 Å². The fourth-order valence-electron chi connectivity index (χ4n) is 5.01. The molecule has 1 aliphatic carbocycles. The lowest BCUT2D eigenvalue weighted by atomic mass is 9.85. The number of amidine groups is 1. The van der Waals surface area contributed by atoms with Crippen molar-refractivity contribution in [2.24, 2.45) is 16.8 Å². The summed E-state index contributed by atoms with van der Waals surface area (Å²) in [5.74, 6) is 1.53. The van der Waals surface area contributed by atoms with Gasteiger partial charge in [0, 0.05) is 39.0 Å². The Balaban J connectivity index is 1.38. The average Bonchev–Trinajstić information content (AvgIpc) is 3.32. The summed E-state index contributed by atoms with van der Waals surface area (Å²) in [5.41, 5.74) is 0.597. The summed E-state index contributed by atoms with van der Waals surface area (Å²) in [7, 11) is 1.83. The standard InChI is InChI=1S/C21H28N4O2/c1-3-18-23-21(19(26)24(18)2)11-9-16-13-25(14-17(16)21)20(27)22-12-10-15-7-5-4-6-8-15/h4-8,16-17H,3,9-14H2,1-2H3,(H,22,27)/t16-,17+,21-/m1/s1. The summed E-state index contributed by atoms with van der Waals surface area (Å²) in [4.78, 5) is 34.0. The van der Waals surface area contributed by atoms with E-state index in [-0.39, 0.29) is 17.9 Å². The van der Waals surface area contributed by atoms with Crippen LogP contribution in [0.4, 0.5) is 4.79 Å². The predicted octanol–water partition coefficient (Wildman–Crippen LogP) is 2.30. The summed E-state index contributed by atoms with van der Waals surface area (Å²) in [6.07, 6.45) is 3.38. The van der Waals surface area contributed by atoms with Crippen LogP contribution in [-0.4, -0.2) is 59.8 Å². The van der Waals surface area contributed by atoms with E-state index in [2.05, 4.69) is 17.4 Å². The number of nitrogens with zero attached hydrogens (tertiary/aromatic N) is 3. The van der Waals surface area contributed by atoms with Gasteiger partial charge in [-0.2, -0.15) is 0 Å². The Morgan fingerprint density at radius 2 is 2.07 bits per heavy atom. The normalized spacial score (nSPS) is 29.4. The van der Waals surface area contributed by atoms with Crippen LogP contribution in [0.5, 0.6) is 0 Å². The molecule has 0 bridgehead atoms. The van der Waals surface area contributed by atoms with Gasteiger partial charge in [-0.3, -0.25) is 9.79 Å². The summed E-state index contributed by atoms with van der Waals surface area (Å²) in [5, 5.41) is 3.04. The van der Waals surface area contributed by atoms with Gasteiger partial charge >= 0.3 is 6.03 Å². The van der Waals surface area contributed by atoms with E-state index in [0.717, 1.165) is 38.1 Å². The van der Waals surface area contributed by atoms with E-state index in [1.807, 2.05) is 37.1 Å². The molecule has 1 spiro atoms. The molecule has 2 aliphatic heterocycles. The number of amides is 3. The molecule has 1 aromatic rings. The third-order valence-electron chi connectivity index (χ3n) is 6.48. The van der Waals surface area contributed by atoms with Crippen LogP contribution < -0.4 is 5.32 Å². The van der Waals surface area contributed by atoms with E-state index < -0.39 is 5.54 Å². The van der Waals surface area contributed by atoms with E-state index in [4.69, 9.17) is 4.99 Å². The number of hydrogen-bond acceptors (Lipinski definition) is 3. The molecule has 1 aromatic carbocycles. The van der Waals surface area contributed by atoms with Crippen LogP contribution in [0.15, 0.2) is 35.3 Å². The maximum Gasteiger partial charge on any atom is 0.317 e. The minimum absolute atomic E-state index is 0.0195. The van der Waals surface area contributed by atoms with E-state index in [1.165, 1.54) is 5.56 Å². The first-order valence-corrected chi connectivity index (χ1v) is 9.98. The zero-order valence-corrected chi connectivity index (χ0v) is 16.1. The van der Waals surface area contributed by atoms with Crippen molar-refractivity contribution in [1.29, 1.82) is 0 Å². The summed E-state index contributed by atoms with van der Waals surface area (Å²) in [6.45, 7) is 4.02. The number of rotatable bonds is 4. The fraction of sp³-hybridized carbons (Fsp3) is 0.571. The number of carbonyl (C=O) groups excluding carboxylic acids is 2. The SMILES string of the molecule is CCC1=N[C@@]2(CC[C@@H]3CN(C(=O)NCCc4ccccc4)C[C@@H]32)C(=O)N1C. The molecular formula is C21H28N4O2. The minimum Gasteiger partial charge on any atom is -0.338 e. The molecule has 144 valence electrons. The highest BCUT2D eigenvalue weighted by atomic mass is 16.2. The van der Waals surface area contributed by atoms with Crippen LogP contribution in [-0.2, 0) is 11.2 Å². The van der Waals surface area contributed by atoms with Crippen molar-refractivity contribution in [3.05, 3.63) is 35.9 Å². The number of likely N-dealkylation sites (N-methyl/N-ethyl adjacent to an activating group) is 1. The van der Waals surface area contributed by atoms with Crippen molar-refractivity contribution in [1.82, 2.24) is 15.1 Å². The van der Waals surface area contributed by atoms with Gasteiger partial charge in [-0.1, -0.05) is 37.3 Å². The quantitative estimate of drug-likeness (QED) is 0.886. The second-order valence-electron chi connectivity index (χ2n) is 7.95. The van der Waals surface area contributed by atoms with Gasteiger partial charge in [0.1, 0.15) is 11.4 Å². The minimum atomic E-state index is -0.621. The molecule has 2 heterocycles. The van der Waals surface area contributed by atoms with Gasteiger partial charge in [-0.15, -0.1) is 0 Å². The van der Waals surface area contributed by atoms with Gasteiger partial charge in [0.15, 0.2) is 0 Å². The van der Waals surface area contributed by atoms with E-state index >= 15 is 0 Å². The number of hydrogen-bond donors (Lipinski definition) is 1. The Labute approximate surface area is 160 Å². The van der Waals surface area contributed by atoms with Crippen molar-refractivity contribution in [2.75, 3.05) is 26.7 Å². The molecule has 3 aliphatic rings. The second-order valence-corrected chi connectivity index (χ2v) is 7.95. The molecule has 0 radical (unpaired) electrons. The first-order valence-electron chi connectivity index (χ1n) is 9.98. The lowest BCUT2D eigenvalue weighted by Gasteiger charge is -2.27. The molecule has 1 N–H and O–H groups in total. The van der Waals surface area contributed by atoms with Gasteiger partial charge in [-0.25, -0.2) is 4.79 Å². The first-order chi connectivity index (χ1) is 13.0. The molecule has 1 saturated heterocycles. The number of urea groups is 1. The van der Waals surface area contributed by atoms with Crippen LogP contribution in [0.2, 0.25) is 0 Å². The summed E-state index contributed by atoms with van der Waals surface area (Å²) >= 11 is 0. The largest absolute Gasteiger partial charge is 0.338 e. The third kappa shape index (κ3) is 3.01. The Morgan fingerprint density at radius 1 is 1.30 bits per heavy atom. The predicted molar refractivity (Wildman–Crippen MR) is 105 cm³/mol. The fourth-order valence-corrected chi connectivity index (χ4v) is 5.01. The lowest BCUT2D eigenvalue weighted by Crippen LogP contribution is -2.46. The number of likely N-dealkylation sites (tertiary alicyclic amines) is 1. The topological polar surface area (TPSA) is 65.0 Å². The molecule has 3 amide bonds. The molecule has 4 rings (SSSR count). The van der Waals surface area contributed by atoms with Crippen LogP contribution in [0.25, 0.3) is 0 Å². The number of nitrogens with one attached hydrogen (secondary N) is 1. The highest BCUT2D eigenvalue weighted by Gasteiger charge is 2.60. The first kappa shape index (κ1) is 18.0. The smallest absolute Gasteiger partial charge is 0.317 e. The van der Waals surface area contributed by atoms with Crippen LogP contribution >= 0.6 is 0 Å². The maximum absolute atomic E-state index is 12.9. The van der Waals surface area contributed by atoms with E-state index in [1.54, 1.807) is 4.90 Å². The van der Waals surface area contributed by atoms with Gasteiger partial charge in [0.05, 0.1) is 0 Å². The van der Waals surface area contributed by atoms with Crippen molar-refractivity contribution < 1.29 is 9.59 Å². The zero-order valence-electron chi connectivity index (χ0n) is 16.1. The van der Waals surface area contributed by atoms with Crippen molar-refractivity contribution in [3.63, 3.8) is 0 Å². The Bertz CT molecular complexity index is 763. The van der Waals surface area contributed by atoms with Gasteiger partial charge in [-0.05, 0) is 30.7 Å². The van der Waals surface area contributed by atoms with Crippen molar-refractivity contribution in [3.8, 4) is 0 Å². The second kappa shape index (κ2) is 6.98. The molecule has 0 aromatic heterocycles. The Hall–Kier alpha value is -2.37.